The van der Waals surface area contributed by atoms with Crippen molar-refractivity contribution in [2.75, 3.05) is 18.8 Å². The molecule has 23 heavy (non-hydrogen) atoms. The lowest BCUT2D eigenvalue weighted by atomic mass is 9.89. The van der Waals surface area contributed by atoms with Gasteiger partial charge in [-0.3, -0.25) is 4.79 Å². The van der Waals surface area contributed by atoms with Gasteiger partial charge in [-0.1, -0.05) is 30.3 Å². The van der Waals surface area contributed by atoms with Crippen molar-refractivity contribution in [3.05, 3.63) is 60.2 Å². The fourth-order valence-electron chi connectivity index (χ4n) is 2.96. The van der Waals surface area contributed by atoms with E-state index in [0.717, 1.165) is 30.8 Å². The molecule has 2 aromatic carbocycles. The zero-order valence-corrected chi connectivity index (χ0v) is 13.8. The van der Waals surface area contributed by atoms with Crippen molar-refractivity contribution in [3.8, 4) is 5.75 Å². The maximum atomic E-state index is 12.3. The van der Waals surface area contributed by atoms with E-state index in [2.05, 4.69) is 0 Å². The van der Waals surface area contributed by atoms with Gasteiger partial charge in [0.05, 0.1) is 5.75 Å². The summed E-state index contributed by atoms with van der Waals surface area (Å²) in [5.74, 6) is 1.53. The number of thioether (sulfide) groups is 1. The van der Waals surface area contributed by atoms with Crippen molar-refractivity contribution in [2.24, 2.45) is 0 Å². The number of phenolic OH excluding ortho intramolecular Hbond substituents is 1. The van der Waals surface area contributed by atoms with Crippen LogP contribution in [-0.2, 0) is 4.79 Å². The molecule has 3 rings (SSSR count). The topological polar surface area (TPSA) is 40.5 Å². The minimum atomic E-state index is 0.225. The van der Waals surface area contributed by atoms with Crippen LogP contribution in [-0.4, -0.2) is 34.8 Å². The lowest BCUT2D eigenvalue weighted by Crippen LogP contribution is -2.38. The molecule has 0 radical (unpaired) electrons. The summed E-state index contributed by atoms with van der Waals surface area (Å²) < 4.78 is 0. The third-order valence-corrected chi connectivity index (χ3v) is 5.31. The van der Waals surface area contributed by atoms with Crippen molar-refractivity contribution in [1.29, 1.82) is 0 Å². The second kappa shape index (κ2) is 7.55. The Balaban J connectivity index is 1.48. The van der Waals surface area contributed by atoms with Crippen molar-refractivity contribution >= 4 is 17.7 Å². The molecule has 0 aliphatic carbocycles. The van der Waals surface area contributed by atoms with Gasteiger partial charge in [-0.2, -0.15) is 0 Å². The van der Waals surface area contributed by atoms with Crippen molar-refractivity contribution in [3.63, 3.8) is 0 Å². The fourth-order valence-corrected chi connectivity index (χ4v) is 3.78. The SMILES string of the molecule is O=C(CSc1ccccc1)N1CCC(c2ccc(O)cc2)CC1. The average Bonchev–Trinajstić information content (AvgIpc) is 2.61. The molecule has 0 unspecified atom stereocenters. The molecule has 0 aromatic heterocycles. The highest BCUT2D eigenvalue weighted by Crippen LogP contribution is 2.29. The zero-order chi connectivity index (χ0) is 16.1. The van der Waals surface area contributed by atoms with E-state index in [1.165, 1.54) is 5.56 Å². The summed E-state index contributed by atoms with van der Waals surface area (Å²) in [5.41, 5.74) is 1.26. The largest absolute Gasteiger partial charge is 0.508 e. The Morgan fingerprint density at radius 2 is 1.70 bits per heavy atom. The molecule has 3 nitrogen and oxygen atoms in total. The van der Waals surface area contributed by atoms with E-state index >= 15 is 0 Å². The van der Waals surface area contributed by atoms with Crippen molar-refractivity contribution in [1.82, 2.24) is 4.90 Å². The summed E-state index contributed by atoms with van der Waals surface area (Å²) in [4.78, 5) is 15.4. The molecule has 1 saturated heterocycles. The second-order valence-corrected chi connectivity index (χ2v) is 6.90. The van der Waals surface area contributed by atoms with Gasteiger partial charge in [0.15, 0.2) is 0 Å². The minimum Gasteiger partial charge on any atom is -0.508 e. The van der Waals surface area contributed by atoms with E-state index in [-0.39, 0.29) is 5.91 Å². The molecule has 1 N–H and O–H groups in total. The van der Waals surface area contributed by atoms with Crippen LogP contribution < -0.4 is 0 Å². The standard InChI is InChI=1S/C19H21NO2S/c21-17-8-6-15(7-9-17)16-10-12-20(13-11-16)19(22)14-23-18-4-2-1-3-5-18/h1-9,16,21H,10-14H2. The van der Waals surface area contributed by atoms with E-state index in [4.69, 9.17) is 0 Å². The predicted octanol–water partition coefficient (Wildman–Crippen LogP) is 3.89. The number of aromatic hydroxyl groups is 1. The van der Waals surface area contributed by atoms with E-state index in [1.54, 1.807) is 23.9 Å². The summed E-state index contributed by atoms with van der Waals surface area (Å²) in [6, 6.07) is 17.5. The molecule has 1 heterocycles. The van der Waals surface area contributed by atoms with E-state index in [1.807, 2.05) is 47.4 Å². The summed E-state index contributed by atoms with van der Waals surface area (Å²) in [5, 5.41) is 9.37. The van der Waals surface area contributed by atoms with Crippen LogP contribution in [0.5, 0.6) is 5.75 Å². The van der Waals surface area contributed by atoms with Gasteiger partial charge < -0.3 is 10.0 Å². The van der Waals surface area contributed by atoms with E-state index < -0.39 is 0 Å². The highest BCUT2D eigenvalue weighted by atomic mass is 32.2. The Kier molecular flexibility index (Phi) is 5.23. The maximum absolute atomic E-state index is 12.3. The number of rotatable bonds is 4. The number of piperidine rings is 1. The Bertz CT molecular complexity index is 634. The van der Waals surface area contributed by atoms with Crippen LogP contribution in [0.4, 0.5) is 0 Å². The average molecular weight is 327 g/mol. The van der Waals surface area contributed by atoms with Crippen LogP contribution in [0, 0.1) is 0 Å². The molecule has 0 bridgehead atoms. The lowest BCUT2D eigenvalue weighted by molar-refractivity contribution is -0.129. The van der Waals surface area contributed by atoms with Crippen LogP contribution in [0.25, 0.3) is 0 Å². The molecule has 1 fully saturated rings. The van der Waals surface area contributed by atoms with Gasteiger partial charge >= 0.3 is 0 Å². The van der Waals surface area contributed by atoms with Crippen LogP contribution >= 0.6 is 11.8 Å². The van der Waals surface area contributed by atoms with Gasteiger partial charge in [-0.15, -0.1) is 11.8 Å². The number of phenols is 1. The van der Waals surface area contributed by atoms with Crippen LogP contribution in [0.3, 0.4) is 0 Å². The Morgan fingerprint density at radius 3 is 2.35 bits per heavy atom. The fraction of sp³-hybridized carbons (Fsp3) is 0.316. The van der Waals surface area contributed by atoms with Crippen LogP contribution in [0.1, 0.15) is 24.3 Å². The number of benzene rings is 2. The zero-order valence-electron chi connectivity index (χ0n) is 13.0. The number of carbonyl (C=O) groups excluding carboxylic acids is 1. The highest BCUT2D eigenvalue weighted by Gasteiger charge is 2.23. The van der Waals surface area contributed by atoms with Gasteiger partial charge in [0.2, 0.25) is 5.91 Å². The third kappa shape index (κ3) is 4.29. The van der Waals surface area contributed by atoms with Gasteiger partial charge in [0, 0.05) is 18.0 Å². The number of carbonyl (C=O) groups is 1. The molecular weight excluding hydrogens is 306 g/mol. The molecule has 0 spiro atoms. The first-order valence-electron chi connectivity index (χ1n) is 7.97. The van der Waals surface area contributed by atoms with Gasteiger partial charge in [0.25, 0.3) is 0 Å². The number of hydrogen-bond acceptors (Lipinski definition) is 3. The normalized spacial score (nSPS) is 15.6. The smallest absolute Gasteiger partial charge is 0.232 e. The maximum Gasteiger partial charge on any atom is 0.232 e. The van der Waals surface area contributed by atoms with Crippen LogP contribution in [0.2, 0.25) is 0 Å². The van der Waals surface area contributed by atoms with Crippen molar-refractivity contribution < 1.29 is 9.90 Å². The molecule has 1 aliphatic rings. The number of nitrogens with zero attached hydrogens (tertiary/aromatic N) is 1. The van der Waals surface area contributed by atoms with Gasteiger partial charge in [-0.25, -0.2) is 0 Å². The third-order valence-electron chi connectivity index (χ3n) is 4.32. The Morgan fingerprint density at radius 1 is 1.04 bits per heavy atom. The quantitative estimate of drug-likeness (QED) is 0.866. The van der Waals surface area contributed by atoms with Gasteiger partial charge in [0.1, 0.15) is 5.75 Å². The number of likely N-dealkylation sites (tertiary alicyclic amines) is 1. The second-order valence-electron chi connectivity index (χ2n) is 5.85. The van der Waals surface area contributed by atoms with Crippen LogP contribution in [0.15, 0.2) is 59.5 Å². The number of amides is 1. The molecule has 4 heteroatoms. The van der Waals surface area contributed by atoms with Crippen molar-refractivity contribution in [2.45, 2.75) is 23.7 Å². The molecule has 1 aliphatic heterocycles. The molecular formula is C19H21NO2S. The highest BCUT2D eigenvalue weighted by molar-refractivity contribution is 8.00. The first kappa shape index (κ1) is 15.9. The molecule has 0 saturated carbocycles. The van der Waals surface area contributed by atoms with Gasteiger partial charge in [-0.05, 0) is 48.6 Å². The first-order chi connectivity index (χ1) is 11.2. The number of hydrogen-bond donors (Lipinski definition) is 1. The molecule has 0 atom stereocenters. The molecule has 1 amide bonds. The monoisotopic (exact) mass is 327 g/mol. The van der Waals surface area contributed by atoms with E-state index in [9.17, 15) is 9.90 Å². The minimum absolute atomic E-state index is 0.225. The summed E-state index contributed by atoms with van der Waals surface area (Å²) >= 11 is 1.60. The Labute approximate surface area is 141 Å². The molecule has 120 valence electrons. The summed E-state index contributed by atoms with van der Waals surface area (Å²) in [6.07, 6.45) is 1.99. The predicted molar refractivity (Wildman–Crippen MR) is 93.8 cm³/mol. The molecule has 2 aromatic rings. The summed E-state index contributed by atoms with van der Waals surface area (Å²) in [7, 11) is 0. The van der Waals surface area contributed by atoms with E-state index in [0.29, 0.717) is 17.4 Å². The Hall–Kier alpha value is -1.94. The summed E-state index contributed by atoms with van der Waals surface area (Å²) in [6.45, 7) is 1.64. The first-order valence-corrected chi connectivity index (χ1v) is 8.95. The lowest BCUT2D eigenvalue weighted by Gasteiger charge is -2.32.